The molecule has 21 heavy (non-hydrogen) atoms. The van der Waals surface area contributed by atoms with Crippen LogP contribution in [0, 0.1) is 5.95 Å². The Bertz CT molecular complexity index is 643. The van der Waals surface area contributed by atoms with E-state index in [9.17, 15) is 22.4 Å². The molecule has 3 nitrogen and oxygen atoms in total. The Labute approximate surface area is 121 Å². The van der Waals surface area contributed by atoms with Crippen molar-refractivity contribution in [2.45, 2.75) is 10.4 Å². The normalized spacial score (nSPS) is 11.2. The zero-order valence-electron chi connectivity index (χ0n) is 10.3. The van der Waals surface area contributed by atoms with Crippen LogP contribution in [0.1, 0.15) is 10.4 Å². The SMILES string of the molecule is O=C(Nc1ccccc1SC(F)(F)F)c1ccc(F)nc1. The van der Waals surface area contributed by atoms with Crippen molar-refractivity contribution in [3.05, 3.63) is 54.1 Å². The van der Waals surface area contributed by atoms with Gasteiger partial charge in [0.25, 0.3) is 5.91 Å². The molecule has 0 spiro atoms. The molecule has 0 fully saturated rings. The largest absolute Gasteiger partial charge is 0.446 e. The fourth-order valence-electron chi connectivity index (χ4n) is 1.49. The van der Waals surface area contributed by atoms with Crippen molar-refractivity contribution in [2.75, 3.05) is 5.32 Å². The number of carbonyl (C=O) groups excluding carboxylic acids is 1. The number of pyridine rings is 1. The summed E-state index contributed by atoms with van der Waals surface area (Å²) in [5.74, 6) is -1.42. The van der Waals surface area contributed by atoms with Gasteiger partial charge in [-0.05, 0) is 36.0 Å². The fourth-order valence-corrected chi connectivity index (χ4v) is 2.11. The van der Waals surface area contributed by atoms with E-state index in [-0.39, 0.29) is 27.9 Å². The third-order valence-electron chi connectivity index (χ3n) is 2.35. The maximum absolute atomic E-state index is 12.7. The van der Waals surface area contributed by atoms with E-state index in [2.05, 4.69) is 10.3 Å². The smallest absolute Gasteiger partial charge is 0.321 e. The standard InChI is InChI=1S/C13H8F4N2OS/c14-11-6-5-8(7-18-11)12(20)19-9-3-1-2-4-10(9)21-13(15,16)17/h1-7H,(H,19,20). The lowest BCUT2D eigenvalue weighted by molar-refractivity contribution is -0.0328. The van der Waals surface area contributed by atoms with E-state index < -0.39 is 17.4 Å². The Morgan fingerprint density at radius 3 is 2.48 bits per heavy atom. The van der Waals surface area contributed by atoms with Gasteiger partial charge in [0, 0.05) is 11.1 Å². The monoisotopic (exact) mass is 316 g/mol. The summed E-state index contributed by atoms with van der Waals surface area (Å²) in [6, 6.07) is 7.71. The predicted molar refractivity (Wildman–Crippen MR) is 70.5 cm³/mol. The molecule has 2 rings (SSSR count). The molecule has 2 aromatic rings. The highest BCUT2D eigenvalue weighted by Gasteiger charge is 2.30. The van der Waals surface area contributed by atoms with Gasteiger partial charge in [-0.2, -0.15) is 17.6 Å². The van der Waals surface area contributed by atoms with Gasteiger partial charge in [0.2, 0.25) is 5.95 Å². The van der Waals surface area contributed by atoms with Gasteiger partial charge in [-0.1, -0.05) is 12.1 Å². The highest BCUT2D eigenvalue weighted by Crippen LogP contribution is 2.40. The molecule has 1 heterocycles. The number of halogens is 4. The molecule has 0 saturated carbocycles. The number of anilines is 1. The first kappa shape index (κ1) is 15.3. The van der Waals surface area contributed by atoms with Crippen LogP contribution in [-0.4, -0.2) is 16.4 Å². The minimum absolute atomic E-state index is 0.0224. The second-order valence-electron chi connectivity index (χ2n) is 3.87. The summed E-state index contributed by atoms with van der Waals surface area (Å²) in [4.78, 5) is 15.1. The molecule has 0 atom stereocenters. The minimum atomic E-state index is -4.46. The summed E-state index contributed by atoms with van der Waals surface area (Å²) in [5, 5.41) is 2.35. The summed E-state index contributed by atoms with van der Waals surface area (Å²) in [5.41, 5.74) is -4.39. The summed E-state index contributed by atoms with van der Waals surface area (Å²) >= 11 is -0.323. The van der Waals surface area contributed by atoms with Crippen molar-refractivity contribution >= 4 is 23.4 Å². The molecule has 8 heteroatoms. The van der Waals surface area contributed by atoms with Gasteiger partial charge >= 0.3 is 5.51 Å². The van der Waals surface area contributed by atoms with Gasteiger partial charge in [-0.3, -0.25) is 4.79 Å². The maximum Gasteiger partial charge on any atom is 0.446 e. The first-order valence-corrected chi connectivity index (χ1v) is 6.44. The number of alkyl halides is 3. The molecule has 0 saturated heterocycles. The van der Waals surface area contributed by atoms with Crippen molar-refractivity contribution in [2.24, 2.45) is 0 Å². The molecular formula is C13H8F4N2OS. The average Bonchev–Trinajstić information content (AvgIpc) is 2.40. The van der Waals surface area contributed by atoms with Crippen LogP contribution in [0.4, 0.5) is 23.2 Å². The summed E-state index contributed by atoms with van der Waals surface area (Å²) in [6.07, 6.45) is 1.00. The van der Waals surface area contributed by atoms with E-state index in [4.69, 9.17) is 0 Å². The van der Waals surface area contributed by atoms with Crippen LogP contribution in [0.15, 0.2) is 47.5 Å². The van der Waals surface area contributed by atoms with Crippen LogP contribution in [0.5, 0.6) is 0 Å². The van der Waals surface area contributed by atoms with Gasteiger partial charge in [-0.15, -0.1) is 0 Å². The molecule has 0 aliphatic heterocycles. The van der Waals surface area contributed by atoms with Crippen LogP contribution in [0.3, 0.4) is 0 Å². The Hall–Kier alpha value is -2.09. The molecule has 0 unspecified atom stereocenters. The van der Waals surface area contributed by atoms with E-state index >= 15 is 0 Å². The topological polar surface area (TPSA) is 42.0 Å². The van der Waals surface area contributed by atoms with Gasteiger partial charge < -0.3 is 5.32 Å². The third-order valence-corrected chi connectivity index (χ3v) is 3.16. The molecule has 0 bridgehead atoms. The quantitative estimate of drug-likeness (QED) is 0.527. The lowest BCUT2D eigenvalue weighted by atomic mass is 10.2. The number of aromatic nitrogens is 1. The number of para-hydroxylation sites is 1. The number of carbonyl (C=O) groups is 1. The average molecular weight is 316 g/mol. The molecular weight excluding hydrogens is 308 g/mol. The highest BCUT2D eigenvalue weighted by molar-refractivity contribution is 8.00. The van der Waals surface area contributed by atoms with Crippen LogP contribution >= 0.6 is 11.8 Å². The van der Waals surface area contributed by atoms with Crippen molar-refractivity contribution < 1.29 is 22.4 Å². The Morgan fingerprint density at radius 1 is 1.14 bits per heavy atom. The molecule has 1 aromatic carbocycles. The van der Waals surface area contributed by atoms with Crippen LogP contribution in [-0.2, 0) is 0 Å². The zero-order valence-corrected chi connectivity index (χ0v) is 11.1. The van der Waals surface area contributed by atoms with Gasteiger partial charge in [0.05, 0.1) is 11.3 Å². The second kappa shape index (κ2) is 6.13. The molecule has 110 valence electrons. The number of nitrogens with zero attached hydrogens (tertiary/aromatic N) is 1. The van der Waals surface area contributed by atoms with Crippen molar-refractivity contribution in [1.82, 2.24) is 4.98 Å². The summed E-state index contributed by atoms with van der Waals surface area (Å²) < 4.78 is 49.9. The lowest BCUT2D eigenvalue weighted by Gasteiger charge is -2.12. The second-order valence-corrected chi connectivity index (χ2v) is 4.97. The van der Waals surface area contributed by atoms with Crippen LogP contribution < -0.4 is 5.32 Å². The molecule has 1 amide bonds. The van der Waals surface area contributed by atoms with Gasteiger partial charge in [0.1, 0.15) is 0 Å². The van der Waals surface area contributed by atoms with Gasteiger partial charge in [0.15, 0.2) is 0 Å². The Kier molecular flexibility index (Phi) is 4.46. The molecule has 1 N–H and O–H groups in total. The minimum Gasteiger partial charge on any atom is -0.321 e. The first-order valence-electron chi connectivity index (χ1n) is 5.63. The third kappa shape index (κ3) is 4.45. The summed E-state index contributed by atoms with van der Waals surface area (Å²) in [7, 11) is 0. The molecule has 0 aliphatic carbocycles. The van der Waals surface area contributed by atoms with Crippen molar-refractivity contribution in [3.63, 3.8) is 0 Å². The van der Waals surface area contributed by atoms with E-state index in [1.807, 2.05) is 0 Å². The number of hydrogen-bond donors (Lipinski definition) is 1. The Balaban J connectivity index is 2.19. The highest BCUT2D eigenvalue weighted by atomic mass is 32.2. The summed E-state index contributed by atoms with van der Waals surface area (Å²) in [6.45, 7) is 0. The van der Waals surface area contributed by atoms with Crippen LogP contribution in [0.2, 0.25) is 0 Å². The number of rotatable bonds is 3. The number of hydrogen-bond acceptors (Lipinski definition) is 3. The molecule has 0 aliphatic rings. The van der Waals surface area contributed by atoms with Crippen molar-refractivity contribution in [3.8, 4) is 0 Å². The predicted octanol–water partition coefficient (Wildman–Crippen LogP) is 4.08. The van der Waals surface area contributed by atoms with E-state index in [1.54, 1.807) is 0 Å². The first-order chi connectivity index (χ1) is 9.85. The van der Waals surface area contributed by atoms with Crippen LogP contribution in [0.25, 0.3) is 0 Å². The number of nitrogens with one attached hydrogen (secondary N) is 1. The number of amides is 1. The zero-order chi connectivity index (χ0) is 15.5. The van der Waals surface area contributed by atoms with E-state index in [0.29, 0.717) is 0 Å². The van der Waals surface area contributed by atoms with Gasteiger partial charge in [-0.25, -0.2) is 4.98 Å². The molecule has 1 aromatic heterocycles. The fraction of sp³-hybridized carbons (Fsp3) is 0.0769. The number of thioether (sulfide) groups is 1. The Morgan fingerprint density at radius 2 is 1.86 bits per heavy atom. The van der Waals surface area contributed by atoms with E-state index in [1.165, 1.54) is 30.3 Å². The van der Waals surface area contributed by atoms with E-state index in [0.717, 1.165) is 12.3 Å². The molecule has 0 radical (unpaired) electrons. The lowest BCUT2D eigenvalue weighted by Crippen LogP contribution is -2.13. The number of benzene rings is 1. The maximum atomic E-state index is 12.7. The van der Waals surface area contributed by atoms with Crippen molar-refractivity contribution in [1.29, 1.82) is 0 Å².